The minimum Gasteiger partial charge on any atom is -0.494 e. The molecule has 4 aromatic rings. The van der Waals surface area contributed by atoms with Gasteiger partial charge in [-0.25, -0.2) is 14.5 Å². The Morgan fingerprint density at radius 3 is 2.61 bits per heavy atom. The second kappa shape index (κ2) is 8.53. The highest BCUT2D eigenvalue weighted by Gasteiger charge is 2.16. The number of fused-ring (bicyclic) bond motifs is 1. The number of carbonyl (C=O) groups excluding carboxylic acids is 1. The fourth-order valence-corrected chi connectivity index (χ4v) is 3.86. The Morgan fingerprint density at radius 2 is 1.90 bits per heavy atom. The number of hydrogen-bond acceptors (Lipinski definition) is 7. The molecule has 0 amide bonds. The summed E-state index contributed by atoms with van der Waals surface area (Å²) in [4.78, 5) is 33.2. The van der Waals surface area contributed by atoms with Crippen LogP contribution in [0.5, 0.6) is 5.88 Å². The van der Waals surface area contributed by atoms with Gasteiger partial charge in [-0.2, -0.15) is 0 Å². The van der Waals surface area contributed by atoms with Crippen LogP contribution in [0.3, 0.4) is 0 Å². The minimum atomic E-state index is -0.380. The van der Waals surface area contributed by atoms with Gasteiger partial charge in [0.25, 0.3) is 5.56 Å². The highest BCUT2D eigenvalue weighted by Crippen LogP contribution is 2.27. The van der Waals surface area contributed by atoms with Crippen molar-refractivity contribution < 1.29 is 14.6 Å². The molecule has 0 aliphatic rings. The molecule has 0 radical (unpaired) electrons. The molecular weight excluding hydrogens is 414 g/mol. The zero-order valence-corrected chi connectivity index (χ0v) is 17.7. The van der Waals surface area contributed by atoms with E-state index in [9.17, 15) is 14.7 Å². The molecule has 0 saturated heterocycles. The number of aliphatic imine (C=N–C) groups is 1. The Kier molecular flexibility index (Phi) is 5.64. The number of esters is 1. The molecule has 156 valence electrons. The van der Waals surface area contributed by atoms with E-state index >= 15 is 0 Å². The van der Waals surface area contributed by atoms with E-state index < -0.39 is 0 Å². The van der Waals surface area contributed by atoms with Crippen molar-refractivity contribution in [1.29, 1.82) is 0 Å². The number of aromatic hydroxyl groups is 1. The van der Waals surface area contributed by atoms with Gasteiger partial charge in [0.2, 0.25) is 11.0 Å². The van der Waals surface area contributed by atoms with Crippen LogP contribution in [0.4, 0.5) is 5.13 Å². The van der Waals surface area contributed by atoms with Crippen LogP contribution < -0.4 is 5.56 Å². The first-order chi connectivity index (χ1) is 15.0. The van der Waals surface area contributed by atoms with Crippen molar-refractivity contribution in [2.45, 2.75) is 13.3 Å². The molecule has 8 heteroatoms. The van der Waals surface area contributed by atoms with Gasteiger partial charge in [0.05, 0.1) is 30.5 Å². The van der Waals surface area contributed by atoms with Gasteiger partial charge in [-0.3, -0.25) is 9.59 Å². The molecule has 4 rings (SSSR count). The minimum absolute atomic E-state index is 0.0645. The number of ether oxygens (including phenoxy) is 1. The predicted octanol–water partition coefficient (Wildman–Crippen LogP) is 3.93. The number of nitrogens with zero attached hydrogens (tertiary/aromatic N) is 3. The summed E-state index contributed by atoms with van der Waals surface area (Å²) < 4.78 is 5.92. The van der Waals surface area contributed by atoms with Gasteiger partial charge >= 0.3 is 5.97 Å². The maximum Gasteiger partial charge on any atom is 0.311 e. The molecule has 0 spiro atoms. The lowest BCUT2D eigenvalue weighted by Crippen LogP contribution is -2.20. The number of carbonyl (C=O) groups is 1. The number of methoxy groups -OCH3 is 1. The topological polar surface area (TPSA) is 93.8 Å². The molecule has 0 aliphatic heterocycles. The summed E-state index contributed by atoms with van der Waals surface area (Å²) in [5, 5.41) is 14.2. The molecule has 1 N–H and O–H groups in total. The van der Waals surface area contributed by atoms with E-state index in [1.165, 1.54) is 29.2 Å². The zero-order chi connectivity index (χ0) is 22.0. The third-order valence-electron chi connectivity index (χ3n) is 4.79. The van der Waals surface area contributed by atoms with Crippen molar-refractivity contribution in [3.8, 4) is 11.6 Å². The second-order valence-corrected chi connectivity index (χ2v) is 7.73. The average Bonchev–Trinajstić information content (AvgIpc) is 3.22. The van der Waals surface area contributed by atoms with Crippen LogP contribution in [0.15, 0.2) is 63.7 Å². The van der Waals surface area contributed by atoms with E-state index in [2.05, 4.69) is 14.7 Å². The van der Waals surface area contributed by atoms with Crippen LogP contribution in [0.1, 0.15) is 16.8 Å². The Balaban J connectivity index is 1.82. The molecule has 0 unspecified atom stereocenters. The number of rotatable bonds is 5. The molecule has 0 saturated carbocycles. The summed E-state index contributed by atoms with van der Waals surface area (Å²) in [6.07, 6.45) is 1.55. The first kappa shape index (κ1) is 20.5. The van der Waals surface area contributed by atoms with Gasteiger partial charge in [-0.15, -0.1) is 11.3 Å². The van der Waals surface area contributed by atoms with Gasteiger partial charge < -0.3 is 9.84 Å². The number of aryl methyl sites for hydroxylation is 1. The van der Waals surface area contributed by atoms with Gasteiger partial charge in [0.1, 0.15) is 0 Å². The van der Waals surface area contributed by atoms with Gasteiger partial charge in [-0.05, 0) is 25.1 Å². The van der Waals surface area contributed by atoms with Gasteiger partial charge in [0.15, 0.2) is 0 Å². The lowest BCUT2D eigenvalue weighted by atomic mass is 10.1. The lowest BCUT2D eigenvalue weighted by Gasteiger charge is -2.13. The van der Waals surface area contributed by atoms with E-state index in [0.717, 1.165) is 5.56 Å². The molecule has 2 heterocycles. The molecular formula is C23H19N3O4S. The van der Waals surface area contributed by atoms with Crippen molar-refractivity contribution in [2.75, 3.05) is 7.11 Å². The lowest BCUT2D eigenvalue weighted by molar-refractivity contribution is -0.139. The van der Waals surface area contributed by atoms with Crippen LogP contribution in [0, 0.1) is 6.92 Å². The highest BCUT2D eigenvalue weighted by molar-refractivity contribution is 7.13. The second-order valence-electron chi connectivity index (χ2n) is 6.89. The van der Waals surface area contributed by atoms with E-state index in [0.29, 0.717) is 32.8 Å². The largest absolute Gasteiger partial charge is 0.494 e. The molecule has 7 nitrogen and oxygen atoms in total. The number of pyridine rings is 1. The smallest absolute Gasteiger partial charge is 0.311 e. The van der Waals surface area contributed by atoms with Crippen molar-refractivity contribution in [2.24, 2.45) is 4.99 Å². The van der Waals surface area contributed by atoms with Crippen molar-refractivity contribution in [1.82, 2.24) is 9.55 Å². The third-order valence-corrected chi connectivity index (χ3v) is 5.59. The third kappa shape index (κ3) is 4.10. The quantitative estimate of drug-likeness (QED) is 0.380. The highest BCUT2D eigenvalue weighted by atomic mass is 32.1. The van der Waals surface area contributed by atoms with E-state index in [1.54, 1.807) is 41.8 Å². The molecule has 0 atom stereocenters. The summed E-state index contributed by atoms with van der Waals surface area (Å²) in [6, 6.07) is 14.4. The molecule has 31 heavy (non-hydrogen) atoms. The Morgan fingerprint density at radius 1 is 1.19 bits per heavy atom. The monoisotopic (exact) mass is 433 g/mol. The molecule has 0 fully saturated rings. The Hall–Kier alpha value is -3.78. The van der Waals surface area contributed by atoms with Gasteiger partial charge in [0, 0.05) is 22.4 Å². The zero-order valence-electron chi connectivity index (χ0n) is 16.9. The number of hydrogen-bond donors (Lipinski definition) is 1. The fourth-order valence-electron chi connectivity index (χ4n) is 3.20. The van der Waals surface area contributed by atoms with E-state index in [4.69, 9.17) is 0 Å². The Labute approximate surface area is 181 Å². The summed E-state index contributed by atoms with van der Waals surface area (Å²) in [5.74, 6) is -0.586. The summed E-state index contributed by atoms with van der Waals surface area (Å²) in [7, 11) is 1.32. The van der Waals surface area contributed by atoms with Crippen molar-refractivity contribution in [3.63, 3.8) is 0 Å². The molecule has 0 bridgehead atoms. The van der Waals surface area contributed by atoms with Crippen LogP contribution >= 0.6 is 11.3 Å². The molecule has 2 aromatic carbocycles. The normalized spacial score (nSPS) is 11.3. The number of thiazole rings is 1. The van der Waals surface area contributed by atoms with Crippen molar-refractivity contribution >= 4 is 39.4 Å². The fraction of sp³-hybridized carbons (Fsp3) is 0.130. The van der Waals surface area contributed by atoms with Gasteiger partial charge in [-0.1, -0.05) is 35.9 Å². The Bertz CT molecular complexity index is 1350. The van der Waals surface area contributed by atoms with Crippen LogP contribution in [-0.2, 0) is 16.0 Å². The van der Waals surface area contributed by atoms with E-state index in [-0.39, 0.29) is 23.8 Å². The SMILES string of the molecule is COC(=O)Cc1csc(N=Cc2c(O)n(-c3ccc(C)cc3)c(=O)c3ccccc23)n1. The standard InChI is InChI=1S/C23H19N3O4S/c1-14-7-9-16(10-8-14)26-21(28)18-6-4-3-5-17(18)19(22(26)29)12-24-23-25-15(13-31-23)11-20(27)30-2/h3-10,12-13,29H,11H2,1-2H3. The predicted molar refractivity (Wildman–Crippen MR) is 121 cm³/mol. The maximum atomic E-state index is 13.1. The van der Waals surface area contributed by atoms with Crippen LogP contribution in [0.25, 0.3) is 16.5 Å². The van der Waals surface area contributed by atoms with E-state index in [1.807, 2.05) is 19.1 Å². The summed E-state index contributed by atoms with van der Waals surface area (Å²) >= 11 is 1.27. The molecule has 0 aliphatic carbocycles. The maximum absolute atomic E-state index is 13.1. The van der Waals surface area contributed by atoms with Crippen LogP contribution in [-0.4, -0.2) is 34.0 Å². The number of benzene rings is 2. The first-order valence-corrected chi connectivity index (χ1v) is 10.3. The summed E-state index contributed by atoms with van der Waals surface area (Å²) in [6.45, 7) is 1.95. The average molecular weight is 433 g/mol. The summed E-state index contributed by atoms with van der Waals surface area (Å²) in [5.41, 5.74) is 2.25. The number of aromatic nitrogens is 2. The first-order valence-electron chi connectivity index (χ1n) is 9.47. The molecule has 2 aromatic heterocycles. The van der Waals surface area contributed by atoms with Crippen LogP contribution in [0.2, 0.25) is 0 Å². The van der Waals surface area contributed by atoms with Crippen molar-refractivity contribution in [3.05, 3.63) is 81.1 Å².